The van der Waals surface area contributed by atoms with Crippen molar-refractivity contribution < 1.29 is 0 Å². The second kappa shape index (κ2) is 6.51. The van der Waals surface area contributed by atoms with Crippen molar-refractivity contribution in [3.05, 3.63) is 35.9 Å². The fourth-order valence-corrected chi connectivity index (χ4v) is 3.42. The average Bonchev–Trinajstić information content (AvgIpc) is 2.49. The molecule has 104 valence electrons. The molecule has 0 bridgehead atoms. The number of hydrogen-bond donors (Lipinski definition) is 2. The van der Waals surface area contributed by atoms with Crippen LogP contribution in [0.15, 0.2) is 30.3 Å². The smallest absolute Gasteiger partial charge is 0.0123 e. The SMILES string of the molecule is c1ccc(CC2CC(N3CCNCC3)CCN2)cc1. The van der Waals surface area contributed by atoms with Gasteiger partial charge >= 0.3 is 0 Å². The highest BCUT2D eigenvalue weighted by atomic mass is 15.2. The van der Waals surface area contributed by atoms with Gasteiger partial charge in [0.1, 0.15) is 0 Å². The predicted octanol–water partition coefficient (Wildman–Crippen LogP) is 1.25. The van der Waals surface area contributed by atoms with Gasteiger partial charge in [0.25, 0.3) is 0 Å². The first kappa shape index (κ1) is 13.1. The van der Waals surface area contributed by atoms with E-state index < -0.39 is 0 Å². The highest BCUT2D eigenvalue weighted by Crippen LogP contribution is 2.18. The minimum absolute atomic E-state index is 0.649. The van der Waals surface area contributed by atoms with Gasteiger partial charge < -0.3 is 10.6 Å². The third-order valence-corrected chi connectivity index (χ3v) is 4.46. The Morgan fingerprint density at radius 3 is 2.63 bits per heavy atom. The monoisotopic (exact) mass is 259 g/mol. The fraction of sp³-hybridized carbons (Fsp3) is 0.625. The van der Waals surface area contributed by atoms with Gasteiger partial charge in [-0.25, -0.2) is 0 Å². The highest BCUT2D eigenvalue weighted by molar-refractivity contribution is 5.16. The first-order valence-corrected chi connectivity index (χ1v) is 7.64. The van der Waals surface area contributed by atoms with Crippen molar-refractivity contribution in [3.8, 4) is 0 Å². The van der Waals surface area contributed by atoms with E-state index in [9.17, 15) is 0 Å². The number of piperazine rings is 1. The van der Waals surface area contributed by atoms with Crippen molar-refractivity contribution in [2.24, 2.45) is 0 Å². The molecule has 3 heteroatoms. The van der Waals surface area contributed by atoms with E-state index in [1.165, 1.54) is 44.5 Å². The second-order valence-corrected chi connectivity index (χ2v) is 5.80. The molecule has 19 heavy (non-hydrogen) atoms. The maximum atomic E-state index is 3.69. The van der Waals surface area contributed by atoms with Crippen LogP contribution in [0.1, 0.15) is 18.4 Å². The zero-order valence-corrected chi connectivity index (χ0v) is 11.6. The molecule has 2 aliphatic heterocycles. The lowest BCUT2D eigenvalue weighted by Crippen LogP contribution is -2.53. The Morgan fingerprint density at radius 2 is 1.84 bits per heavy atom. The maximum absolute atomic E-state index is 3.69. The number of rotatable bonds is 3. The van der Waals surface area contributed by atoms with Gasteiger partial charge in [-0.2, -0.15) is 0 Å². The van der Waals surface area contributed by atoms with Crippen LogP contribution in [-0.4, -0.2) is 49.7 Å². The molecule has 2 aliphatic rings. The molecule has 2 heterocycles. The van der Waals surface area contributed by atoms with E-state index in [2.05, 4.69) is 45.9 Å². The molecule has 2 unspecified atom stereocenters. The molecule has 0 radical (unpaired) electrons. The zero-order chi connectivity index (χ0) is 12.9. The Morgan fingerprint density at radius 1 is 1.05 bits per heavy atom. The van der Waals surface area contributed by atoms with Gasteiger partial charge in [0.05, 0.1) is 0 Å². The van der Waals surface area contributed by atoms with Crippen LogP contribution in [-0.2, 0) is 6.42 Å². The van der Waals surface area contributed by atoms with Crippen molar-refractivity contribution in [2.45, 2.75) is 31.3 Å². The molecule has 2 fully saturated rings. The van der Waals surface area contributed by atoms with Crippen molar-refractivity contribution in [2.75, 3.05) is 32.7 Å². The van der Waals surface area contributed by atoms with E-state index in [4.69, 9.17) is 0 Å². The lowest BCUT2D eigenvalue weighted by molar-refractivity contribution is 0.128. The van der Waals surface area contributed by atoms with Crippen LogP contribution < -0.4 is 10.6 Å². The van der Waals surface area contributed by atoms with Gasteiger partial charge in [0.2, 0.25) is 0 Å². The second-order valence-electron chi connectivity index (χ2n) is 5.80. The lowest BCUT2D eigenvalue weighted by atomic mass is 9.93. The molecule has 0 saturated carbocycles. The van der Waals surface area contributed by atoms with Gasteiger partial charge in [-0.15, -0.1) is 0 Å². The quantitative estimate of drug-likeness (QED) is 0.855. The summed E-state index contributed by atoms with van der Waals surface area (Å²) >= 11 is 0. The number of piperidine rings is 1. The van der Waals surface area contributed by atoms with E-state index in [1.807, 2.05) is 0 Å². The lowest BCUT2D eigenvalue weighted by Gasteiger charge is -2.40. The third kappa shape index (κ3) is 3.56. The summed E-state index contributed by atoms with van der Waals surface area (Å²) in [6.45, 7) is 5.94. The Kier molecular flexibility index (Phi) is 4.49. The van der Waals surface area contributed by atoms with Crippen molar-refractivity contribution in [3.63, 3.8) is 0 Å². The molecular weight excluding hydrogens is 234 g/mol. The number of hydrogen-bond acceptors (Lipinski definition) is 3. The molecular formula is C16H25N3. The van der Waals surface area contributed by atoms with Gasteiger partial charge in [0.15, 0.2) is 0 Å². The van der Waals surface area contributed by atoms with Gasteiger partial charge in [-0.05, 0) is 31.4 Å². The largest absolute Gasteiger partial charge is 0.314 e. The Labute approximate surface area is 116 Å². The van der Waals surface area contributed by atoms with Crippen LogP contribution in [0.4, 0.5) is 0 Å². The Hall–Kier alpha value is -0.900. The van der Waals surface area contributed by atoms with Crippen LogP contribution in [0.3, 0.4) is 0 Å². The van der Waals surface area contributed by atoms with Crippen LogP contribution >= 0.6 is 0 Å². The van der Waals surface area contributed by atoms with Gasteiger partial charge in [-0.3, -0.25) is 4.90 Å². The predicted molar refractivity (Wildman–Crippen MR) is 79.4 cm³/mol. The Bertz CT molecular complexity index is 373. The van der Waals surface area contributed by atoms with Crippen molar-refractivity contribution >= 4 is 0 Å². The van der Waals surface area contributed by atoms with Crippen molar-refractivity contribution in [1.82, 2.24) is 15.5 Å². The first-order chi connectivity index (χ1) is 9.42. The summed E-state index contributed by atoms with van der Waals surface area (Å²) in [5, 5.41) is 7.14. The molecule has 1 aromatic rings. The van der Waals surface area contributed by atoms with Crippen molar-refractivity contribution in [1.29, 1.82) is 0 Å². The third-order valence-electron chi connectivity index (χ3n) is 4.46. The minimum atomic E-state index is 0.649. The summed E-state index contributed by atoms with van der Waals surface area (Å²) in [6, 6.07) is 12.3. The topological polar surface area (TPSA) is 27.3 Å². The average molecular weight is 259 g/mol. The molecule has 2 saturated heterocycles. The molecule has 0 aliphatic carbocycles. The number of benzene rings is 1. The molecule has 3 rings (SSSR count). The summed E-state index contributed by atoms with van der Waals surface area (Å²) in [5.74, 6) is 0. The number of nitrogens with one attached hydrogen (secondary N) is 2. The highest BCUT2D eigenvalue weighted by Gasteiger charge is 2.27. The van der Waals surface area contributed by atoms with E-state index in [0.29, 0.717) is 6.04 Å². The minimum Gasteiger partial charge on any atom is -0.314 e. The van der Waals surface area contributed by atoms with E-state index in [1.54, 1.807) is 0 Å². The van der Waals surface area contributed by atoms with E-state index in [0.717, 1.165) is 19.1 Å². The maximum Gasteiger partial charge on any atom is 0.0123 e. The molecule has 0 spiro atoms. The summed E-state index contributed by atoms with van der Waals surface area (Å²) in [7, 11) is 0. The summed E-state index contributed by atoms with van der Waals surface area (Å²) in [4.78, 5) is 2.69. The normalized spacial score (nSPS) is 29.3. The standard InChI is InChI=1S/C16H25N3/c1-2-4-14(5-3-1)12-15-13-16(6-7-18-15)19-10-8-17-9-11-19/h1-5,15-18H,6-13H2. The van der Waals surface area contributed by atoms with Gasteiger partial charge in [-0.1, -0.05) is 30.3 Å². The molecule has 2 atom stereocenters. The van der Waals surface area contributed by atoms with Crippen LogP contribution in [0.5, 0.6) is 0 Å². The van der Waals surface area contributed by atoms with E-state index in [-0.39, 0.29) is 0 Å². The van der Waals surface area contributed by atoms with Crippen LogP contribution in [0.25, 0.3) is 0 Å². The summed E-state index contributed by atoms with van der Waals surface area (Å²) in [5.41, 5.74) is 1.46. The van der Waals surface area contributed by atoms with Crippen LogP contribution in [0.2, 0.25) is 0 Å². The molecule has 2 N–H and O–H groups in total. The van der Waals surface area contributed by atoms with Crippen LogP contribution in [0, 0.1) is 0 Å². The fourth-order valence-electron chi connectivity index (χ4n) is 3.42. The number of nitrogens with zero attached hydrogens (tertiary/aromatic N) is 1. The zero-order valence-electron chi connectivity index (χ0n) is 11.6. The molecule has 0 aromatic heterocycles. The summed E-state index contributed by atoms with van der Waals surface area (Å²) in [6.07, 6.45) is 3.78. The first-order valence-electron chi connectivity index (χ1n) is 7.64. The molecule has 0 amide bonds. The molecule has 1 aromatic carbocycles. The van der Waals surface area contributed by atoms with E-state index >= 15 is 0 Å². The summed E-state index contributed by atoms with van der Waals surface area (Å²) < 4.78 is 0. The molecule has 3 nitrogen and oxygen atoms in total. The van der Waals surface area contributed by atoms with Gasteiger partial charge in [0, 0.05) is 38.3 Å². The Balaban J connectivity index is 1.55.